The van der Waals surface area contributed by atoms with Crippen LogP contribution in [0.15, 0.2) is 42.7 Å². The van der Waals surface area contributed by atoms with Crippen LogP contribution in [-0.2, 0) is 17.8 Å². The molecule has 0 fully saturated rings. The van der Waals surface area contributed by atoms with Gasteiger partial charge in [-0.2, -0.15) is 0 Å². The highest BCUT2D eigenvalue weighted by atomic mass is 32.1. The topological polar surface area (TPSA) is 102 Å². The maximum atomic E-state index is 12.8. The number of aromatic nitrogens is 2. The SMILES string of the molecule is O=C(Nc1nc2c(s1)CCC[C@H]2C(=O)NCc1ccncc1)c1ccc2c(c1)OCO2. The summed E-state index contributed by atoms with van der Waals surface area (Å²) in [5.41, 5.74) is 2.22. The minimum absolute atomic E-state index is 0.0447. The molecule has 0 saturated heterocycles. The number of benzene rings is 1. The Kier molecular flexibility index (Phi) is 5.25. The molecule has 3 heterocycles. The molecule has 1 atom stereocenters. The zero-order valence-electron chi connectivity index (χ0n) is 16.6. The van der Waals surface area contributed by atoms with E-state index in [1.54, 1.807) is 30.6 Å². The Morgan fingerprint density at radius 1 is 1.13 bits per heavy atom. The van der Waals surface area contributed by atoms with Crippen molar-refractivity contribution in [3.05, 3.63) is 64.4 Å². The van der Waals surface area contributed by atoms with E-state index in [0.717, 1.165) is 35.4 Å². The Balaban J connectivity index is 1.28. The van der Waals surface area contributed by atoms with Gasteiger partial charge in [-0.1, -0.05) is 0 Å². The number of ether oxygens (including phenoxy) is 2. The zero-order chi connectivity index (χ0) is 21.2. The van der Waals surface area contributed by atoms with Gasteiger partial charge in [0.05, 0.1) is 11.6 Å². The number of aryl methyl sites for hydroxylation is 1. The molecule has 2 amide bonds. The van der Waals surface area contributed by atoms with Crippen LogP contribution in [0.1, 0.15) is 45.3 Å². The van der Waals surface area contributed by atoms with Gasteiger partial charge in [-0.25, -0.2) is 4.98 Å². The highest BCUT2D eigenvalue weighted by Gasteiger charge is 2.30. The van der Waals surface area contributed by atoms with Crippen LogP contribution in [0.5, 0.6) is 11.5 Å². The first-order valence-corrected chi connectivity index (χ1v) is 10.9. The molecule has 8 nitrogen and oxygen atoms in total. The smallest absolute Gasteiger partial charge is 0.257 e. The minimum Gasteiger partial charge on any atom is -0.454 e. The number of carbonyl (C=O) groups excluding carboxylic acids is 2. The summed E-state index contributed by atoms with van der Waals surface area (Å²) in [6.45, 7) is 0.606. The second-order valence-corrected chi connectivity index (χ2v) is 8.45. The minimum atomic E-state index is -0.307. The van der Waals surface area contributed by atoms with E-state index in [9.17, 15) is 9.59 Å². The maximum absolute atomic E-state index is 12.8. The molecule has 3 aromatic rings. The molecule has 0 unspecified atom stereocenters. The molecule has 1 aliphatic heterocycles. The molecule has 5 rings (SSSR count). The quantitative estimate of drug-likeness (QED) is 0.637. The van der Waals surface area contributed by atoms with Gasteiger partial charge in [0.15, 0.2) is 16.6 Å². The van der Waals surface area contributed by atoms with E-state index in [4.69, 9.17) is 9.47 Å². The summed E-state index contributed by atoms with van der Waals surface area (Å²) in [6.07, 6.45) is 5.93. The third-order valence-corrected chi connectivity index (χ3v) is 6.39. The van der Waals surface area contributed by atoms with Crippen LogP contribution < -0.4 is 20.1 Å². The second kappa shape index (κ2) is 8.35. The lowest BCUT2D eigenvalue weighted by atomic mass is 9.90. The third kappa shape index (κ3) is 4.09. The van der Waals surface area contributed by atoms with Gasteiger partial charge < -0.3 is 14.8 Å². The van der Waals surface area contributed by atoms with Crippen molar-refractivity contribution in [2.75, 3.05) is 12.1 Å². The Labute approximate surface area is 182 Å². The fraction of sp³-hybridized carbons (Fsp3) is 0.273. The van der Waals surface area contributed by atoms with E-state index in [0.29, 0.717) is 28.7 Å². The average Bonchev–Trinajstić information content (AvgIpc) is 3.43. The molecule has 2 N–H and O–H groups in total. The number of nitrogens with zero attached hydrogens (tertiary/aromatic N) is 2. The Hall–Kier alpha value is -3.46. The Bertz CT molecular complexity index is 1130. The number of thiazole rings is 1. The number of nitrogens with one attached hydrogen (secondary N) is 2. The van der Waals surface area contributed by atoms with Gasteiger partial charge in [-0.3, -0.25) is 19.9 Å². The van der Waals surface area contributed by atoms with E-state index < -0.39 is 0 Å². The summed E-state index contributed by atoms with van der Waals surface area (Å²) in [6, 6.07) is 8.80. The summed E-state index contributed by atoms with van der Waals surface area (Å²) in [4.78, 5) is 35.1. The number of amides is 2. The number of carbonyl (C=O) groups is 2. The van der Waals surface area contributed by atoms with Crippen LogP contribution in [0.3, 0.4) is 0 Å². The summed E-state index contributed by atoms with van der Waals surface area (Å²) in [7, 11) is 0. The fourth-order valence-corrected chi connectivity index (χ4v) is 4.81. The second-order valence-electron chi connectivity index (χ2n) is 7.37. The normalized spacial score (nSPS) is 16.5. The molecule has 9 heteroatoms. The van der Waals surface area contributed by atoms with Crippen molar-refractivity contribution in [1.82, 2.24) is 15.3 Å². The van der Waals surface area contributed by atoms with Crippen LogP contribution in [0.2, 0.25) is 0 Å². The van der Waals surface area contributed by atoms with Crippen molar-refractivity contribution in [3.8, 4) is 11.5 Å². The summed E-state index contributed by atoms with van der Waals surface area (Å²) < 4.78 is 10.6. The first kappa shape index (κ1) is 19.5. The molecule has 0 radical (unpaired) electrons. The van der Waals surface area contributed by atoms with Gasteiger partial charge in [0.25, 0.3) is 5.91 Å². The zero-order valence-corrected chi connectivity index (χ0v) is 17.4. The summed E-state index contributed by atoms with van der Waals surface area (Å²) in [5, 5.41) is 6.35. The molecule has 2 aliphatic rings. The van der Waals surface area contributed by atoms with Crippen LogP contribution in [0, 0.1) is 0 Å². The van der Waals surface area contributed by atoms with Crippen molar-refractivity contribution >= 4 is 28.3 Å². The lowest BCUT2D eigenvalue weighted by Gasteiger charge is -2.20. The molecule has 0 bridgehead atoms. The predicted molar refractivity (Wildman–Crippen MR) is 114 cm³/mol. The average molecular weight is 436 g/mol. The number of rotatable bonds is 5. The number of anilines is 1. The largest absolute Gasteiger partial charge is 0.454 e. The van der Waals surface area contributed by atoms with E-state index in [1.807, 2.05) is 12.1 Å². The Morgan fingerprint density at radius 2 is 1.97 bits per heavy atom. The molecular formula is C22H20N4O4S. The van der Waals surface area contributed by atoms with Crippen molar-refractivity contribution in [1.29, 1.82) is 0 Å². The maximum Gasteiger partial charge on any atom is 0.257 e. The van der Waals surface area contributed by atoms with Gasteiger partial charge in [0, 0.05) is 29.4 Å². The predicted octanol–water partition coefficient (Wildman–Crippen LogP) is 3.26. The lowest BCUT2D eigenvalue weighted by molar-refractivity contribution is -0.123. The fourth-order valence-electron chi connectivity index (χ4n) is 3.75. The molecule has 0 saturated carbocycles. The standard InChI is InChI=1S/C22H20N4O4S/c27-20(14-4-5-16-17(10-14)30-12-29-16)26-22-25-19-15(2-1-3-18(19)31-22)21(28)24-11-13-6-8-23-9-7-13/h4-10,15H,1-3,11-12H2,(H,24,28)(H,25,26,27)/t15-/m1/s1. The van der Waals surface area contributed by atoms with Gasteiger partial charge in [-0.05, 0) is 55.2 Å². The first-order valence-electron chi connectivity index (χ1n) is 10.0. The van der Waals surface area contributed by atoms with Gasteiger partial charge in [0.2, 0.25) is 12.7 Å². The summed E-state index contributed by atoms with van der Waals surface area (Å²) in [5.74, 6) is 0.553. The molecule has 1 aromatic carbocycles. The highest BCUT2D eigenvalue weighted by Crippen LogP contribution is 2.37. The van der Waals surface area contributed by atoms with E-state index in [-0.39, 0.29) is 24.5 Å². The van der Waals surface area contributed by atoms with Gasteiger partial charge in [-0.15, -0.1) is 11.3 Å². The lowest BCUT2D eigenvalue weighted by Crippen LogP contribution is -2.31. The number of hydrogen-bond donors (Lipinski definition) is 2. The first-order chi connectivity index (χ1) is 15.2. The van der Waals surface area contributed by atoms with Crippen molar-refractivity contribution in [2.45, 2.75) is 31.7 Å². The molecular weight excluding hydrogens is 416 g/mol. The number of hydrogen-bond acceptors (Lipinski definition) is 7. The highest BCUT2D eigenvalue weighted by molar-refractivity contribution is 7.16. The van der Waals surface area contributed by atoms with Crippen molar-refractivity contribution < 1.29 is 19.1 Å². The Morgan fingerprint density at radius 3 is 2.84 bits per heavy atom. The third-order valence-electron chi connectivity index (χ3n) is 5.34. The molecule has 158 valence electrons. The van der Waals surface area contributed by atoms with Crippen molar-refractivity contribution in [2.24, 2.45) is 0 Å². The molecule has 1 aliphatic carbocycles. The molecule has 0 spiro atoms. The molecule has 2 aromatic heterocycles. The summed E-state index contributed by atoms with van der Waals surface area (Å²) >= 11 is 1.43. The van der Waals surface area contributed by atoms with Gasteiger partial charge >= 0.3 is 0 Å². The van der Waals surface area contributed by atoms with E-state index >= 15 is 0 Å². The van der Waals surface area contributed by atoms with E-state index in [2.05, 4.69) is 20.6 Å². The van der Waals surface area contributed by atoms with Crippen LogP contribution in [0.4, 0.5) is 5.13 Å². The number of pyridine rings is 1. The van der Waals surface area contributed by atoms with Crippen LogP contribution in [-0.4, -0.2) is 28.6 Å². The number of fused-ring (bicyclic) bond motifs is 2. The van der Waals surface area contributed by atoms with E-state index in [1.165, 1.54) is 11.3 Å². The monoisotopic (exact) mass is 436 g/mol. The molecule has 31 heavy (non-hydrogen) atoms. The van der Waals surface area contributed by atoms with Crippen molar-refractivity contribution in [3.63, 3.8) is 0 Å². The van der Waals surface area contributed by atoms with Gasteiger partial charge in [0.1, 0.15) is 0 Å². The van der Waals surface area contributed by atoms with Crippen LogP contribution >= 0.6 is 11.3 Å². The van der Waals surface area contributed by atoms with Crippen LogP contribution in [0.25, 0.3) is 0 Å².